The van der Waals surface area contributed by atoms with E-state index in [2.05, 4.69) is 10.2 Å². The van der Waals surface area contributed by atoms with Crippen LogP contribution in [-0.4, -0.2) is 28.5 Å². The highest BCUT2D eigenvalue weighted by atomic mass is 19.4. The van der Waals surface area contributed by atoms with Crippen molar-refractivity contribution in [1.29, 1.82) is 0 Å². The summed E-state index contributed by atoms with van der Waals surface area (Å²) < 4.78 is 44.9. The molecule has 1 aromatic carbocycles. The molecule has 1 aromatic heterocycles. The Kier molecular flexibility index (Phi) is 3.93. The topological polar surface area (TPSA) is 66.0 Å². The first-order chi connectivity index (χ1) is 9.41. The molecule has 5 nitrogen and oxygen atoms in total. The summed E-state index contributed by atoms with van der Waals surface area (Å²) in [6.07, 6.45) is -3.02. The summed E-state index contributed by atoms with van der Waals surface area (Å²) in [5.74, 6) is 0.319. The van der Waals surface area contributed by atoms with Crippen LogP contribution in [0.3, 0.4) is 0 Å². The van der Waals surface area contributed by atoms with Crippen molar-refractivity contribution in [1.82, 2.24) is 14.8 Å². The molecule has 0 spiro atoms. The van der Waals surface area contributed by atoms with E-state index in [1.807, 2.05) is 0 Å². The highest BCUT2D eigenvalue weighted by Crippen LogP contribution is 2.33. The van der Waals surface area contributed by atoms with Crippen LogP contribution in [0.1, 0.15) is 5.56 Å². The van der Waals surface area contributed by atoms with Gasteiger partial charge in [0, 0.05) is 24.9 Å². The molecule has 0 bridgehead atoms. The minimum absolute atomic E-state index is 0.0242. The number of hydrogen-bond acceptors (Lipinski definition) is 4. The molecular weight excluding hydrogens is 273 g/mol. The smallest absolute Gasteiger partial charge is 0.399 e. The molecule has 0 aliphatic heterocycles. The number of methoxy groups -OCH3 is 1. The van der Waals surface area contributed by atoms with Crippen LogP contribution in [0.4, 0.5) is 18.9 Å². The Labute approximate surface area is 113 Å². The van der Waals surface area contributed by atoms with Crippen LogP contribution in [0, 0.1) is 0 Å². The average Bonchev–Trinajstić information content (AvgIpc) is 2.82. The lowest BCUT2D eigenvalue weighted by molar-refractivity contribution is -0.137. The number of ether oxygens (including phenoxy) is 1. The number of nitrogen functional groups attached to an aromatic ring is 1. The Hall–Kier alpha value is -2.09. The molecule has 2 rings (SSSR count). The van der Waals surface area contributed by atoms with Gasteiger partial charge >= 0.3 is 6.18 Å². The van der Waals surface area contributed by atoms with E-state index in [9.17, 15) is 13.2 Å². The predicted molar refractivity (Wildman–Crippen MR) is 66.7 cm³/mol. The Bertz CT molecular complexity index is 595. The molecule has 0 fully saturated rings. The van der Waals surface area contributed by atoms with Crippen molar-refractivity contribution in [3.05, 3.63) is 30.1 Å². The van der Waals surface area contributed by atoms with E-state index in [1.165, 1.54) is 19.5 Å². The first-order valence-electron chi connectivity index (χ1n) is 5.76. The van der Waals surface area contributed by atoms with Crippen molar-refractivity contribution in [3.8, 4) is 11.4 Å². The van der Waals surface area contributed by atoms with Crippen molar-refractivity contribution in [2.75, 3.05) is 19.5 Å². The van der Waals surface area contributed by atoms with E-state index in [4.69, 9.17) is 10.5 Å². The molecule has 1 heterocycles. The van der Waals surface area contributed by atoms with Gasteiger partial charge in [0.25, 0.3) is 0 Å². The largest absolute Gasteiger partial charge is 0.416 e. The summed E-state index contributed by atoms with van der Waals surface area (Å²) in [5, 5.41) is 7.55. The second-order valence-electron chi connectivity index (χ2n) is 4.18. The van der Waals surface area contributed by atoms with E-state index < -0.39 is 11.7 Å². The van der Waals surface area contributed by atoms with Gasteiger partial charge in [0.05, 0.1) is 12.2 Å². The van der Waals surface area contributed by atoms with Crippen molar-refractivity contribution in [3.63, 3.8) is 0 Å². The second kappa shape index (κ2) is 5.49. The zero-order chi connectivity index (χ0) is 14.8. The summed E-state index contributed by atoms with van der Waals surface area (Å²) in [6, 6.07) is 3.32. The lowest BCUT2D eigenvalue weighted by Crippen LogP contribution is -2.08. The standard InChI is InChI=1S/C12H13F3N4O/c1-20-3-2-19-7-17-18-11(19)8-4-9(12(13,14)15)6-10(16)5-8/h4-7H,2-3,16H2,1H3. The minimum atomic E-state index is -4.46. The number of hydrogen-bond donors (Lipinski definition) is 1. The molecule has 2 N–H and O–H groups in total. The van der Waals surface area contributed by atoms with E-state index in [-0.39, 0.29) is 11.3 Å². The minimum Gasteiger partial charge on any atom is -0.399 e. The number of alkyl halides is 3. The summed E-state index contributed by atoms with van der Waals surface area (Å²) >= 11 is 0. The summed E-state index contributed by atoms with van der Waals surface area (Å²) in [7, 11) is 1.53. The maximum atomic E-state index is 12.8. The van der Waals surface area contributed by atoms with Crippen molar-refractivity contribution in [2.45, 2.75) is 12.7 Å². The van der Waals surface area contributed by atoms with Crippen molar-refractivity contribution in [2.24, 2.45) is 0 Å². The third-order valence-corrected chi connectivity index (χ3v) is 2.69. The Balaban J connectivity index is 2.43. The van der Waals surface area contributed by atoms with Gasteiger partial charge in [-0.15, -0.1) is 10.2 Å². The number of anilines is 1. The summed E-state index contributed by atoms with van der Waals surface area (Å²) in [6.45, 7) is 0.842. The molecule has 0 amide bonds. The predicted octanol–water partition coefficient (Wildman–Crippen LogP) is 2.19. The van der Waals surface area contributed by atoms with Crippen LogP contribution in [-0.2, 0) is 17.5 Å². The number of halogens is 3. The van der Waals surface area contributed by atoms with Gasteiger partial charge < -0.3 is 15.0 Å². The molecule has 0 aliphatic carbocycles. The fraction of sp³-hybridized carbons (Fsp3) is 0.333. The monoisotopic (exact) mass is 286 g/mol. The van der Waals surface area contributed by atoms with Crippen molar-refractivity contribution >= 4 is 5.69 Å². The number of nitrogens with two attached hydrogens (primary N) is 1. The highest BCUT2D eigenvalue weighted by Gasteiger charge is 2.31. The fourth-order valence-electron chi connectivity index (χ4n) is 1.78. The molecule has 8 heteroatoms. The molecule has 0 radical (unpaired) electrons. The number of aromatic nitrogens is 3. The van der Waals surface area contributed by atoms with Crippen LogP contribution < -0.4 is 5.73 Å². The van der Waals surface area contributed by atoms with E-state index in [0.29, 0.717) is 19.0 Å². The van der Waals surface area contributed by atoms with E-state index in [1.54, 1.807) is 4.57 Å². The van der Waals surface area contributed by atoms with Gasteiger partial charge in [-0.25, -0.2) is 0 Å². The molecular formula is C12H13F3N4O. The van der Waals surface area contributed by atoms with E-state index >= 15 is 0 Å². The Morgan fingerprint density at radius 2 is 2.05 bits per heavy atom. The second-order valence-corrected chi connectivity index (χ2v) is 4.18. The number of nitrogens with zero attached hydrogens (tertiary/aromatic N) is 3. The fourth-order valence-corrected chi connectivity index (χ4v) is 1.78. The lowest BCUT2D eigenvalue weighted by Gasteiger charge is -2.11. The average molecular weight is 286 g/mol. The van der Waals surface area contributed by atoms with E-state index in [0.717, 1.165) is 12.1 Å². The van der Waals surface area contributed by atoms with Gasteiger partial charge in [0.2, 0.25) is 0 Å². The van der Waals surface area contributed by atoms with Crippen LogP contribution in [0.25, 0.3) is 11.4 Å². The Morgan fingerprint density at radius 1 is 1.30 bits per heavy atom. The maximum Gasteiger partial charge on any atom is 0.416 e. The highest BCUT2D eigenvalue weighted by molar-refractivity contribution is 5.63. The lowest BCUT2D eigenvalue weighted by atomic mass is 10.1. The third-order valence-electron chi connectivity index (χ3n) is 2.69. The number of benzene rings is 1. The first kappa shape index (κ1) is 14.3. The quantitative estimate of drug-likeness (QED) is 0.875. The van der Waals surface area contributed by atoms with Crippen molar-refractivity contribution < 1.29 is 17.9 Å². The summed E-state index contributed by atoms with van der Waals surface area (Å²) in [4.78, 5) is 0. The molecule has 0 unspecified atom stereocenters. The molecule has 0 saturated carbocycles. The maximum absolute atomic E-state index is 12.8. The van der Waals surface area contributed by atoms with Gasteiger partial charge in [-0.3, -0.25) is 0 Å². The molecule has 0 aliphatic rings. The summed E-state index contributed by atoms with van der Waals surface area (Å²) in [5.41, 5.74) is 5.01. The van der Waals surface area contributed by atoms with Crippen LogP contribution in [0.15, 0.2) is 24.5 Å². The van der Waals surface area contributed by atoms with Gasteiger partial charge in [-0.1, -0.05) is 0 Å². The molecule has 0 atom stereocenters. The van der Waals surface area contributed by atoms with Crippen LogP contribution >= 0.6 is 0 Å². The SMILES string of the molecule is COCCn1cnnc1-c1cc(N)cc(C(F)(F)F)c1. The zero-order valence-electron chi connectivity index (χ0n) is 10.7. The molecule has 108 valence electrons. The zero-order valence-corrected chi connectivity index (χ0v) is 10.7. The molecule has 20 heavy (non-hydrogen) atoms. The third kappa shape index (κ3) is 3.08. The van der Waals surface area contributed by atoms with Gasteiger partial charge in [-0.2, -0.15) is 13.2 Å². The van der Waals surface area contributed by atoms with Gasteiger partial charge in [0.15, 0.2) is 5.82 Å². The first-order valence-corrected chi connectivity index (χ1v) is 5.76. The number of rotatable bonds is 4. The van der Waals surface area contributed by atoms with Gasteiger partial charge in [0.1, 0.15) is 6.33 Å². The molecule has 2 aromatic rings. The molecule has 0 saturated heterocycles. The Morgan fingerprint density at radius 3 is 2.70 bits per heavy atom. The van der Waals surface area contributed by atoms with Crippen LogP contribution in [0.5, 0.6) is 0 Å². The normalized spacial score (nSPS) is 11.8. The van der Waals surface area contributed by atoms with Crippen LogP contribution in [0.2, 0.25) is 0 Å². The van der Waals surface area contributed by atoms with Gasteiger partial charge in [-0.05, 0) is 18.2 Å².